The molecule has 0 aliphatic heterocycles. The van der Waals surface area contributed by atoms with Gasteiger partial charge in [0.25, 0.3) is 0 Å². The molecule has 60 valence electrons. The van der Waals surface area contributed by atoms with E-state index in [9.17, 15) is 4.79 Å². The van der Waals surface area contributed by atoms with Crippen LogP contribution in [0, 0.1) is 5.41 Å². The van der Waals surface area contributed by atoms with Gasteiger partial charge >= 0.3 is 5.97 Å². The highest BCUT2D eigenvalue weighted by Gasteiger charge is 2.27. The van der Waals surface area contributed by atoms with Gasteiger partial charge in [0.2, 0.25) is 0 Å². The van der Waals surface area contributed by atoms with Crippen molar-refractivity contribution in [2.75, 3.05) is 0 Å². The molecule has 0 fully saturated rings. The van der Waals surface area contributed by atoms with Gasteiger partial charge in [-0.25, -0.2) is 0 Å². The predicted octanol–water partition coefficient (Wildman–Crippen LogP) is -0.236. The zero-order valence-corrected chi connectivity index (χ0v) is 6.16. The van der Waals surface area contributed by atoms with Crippen LogP contribution in [0.3, 0.4) is 0 Å². The van der Waals surface area contributed by atoms with Crippen LogP contribution in [-0.2, 0) is 4.79 Å². The van der Waals surface area contributed by atoms with E-state index in [1.54, 1.807) is 13.8 Å². The Hall–Kier alpha value is -0.610. The number of hydrogen-bond acceptors (Lipinski definition) is 3. The minimum Gasteiger partial charge on any atom is -0.481 e. The molecule has 0 heterocycles. The molecule has 10 heavy (non-hydrogen) atoms. The minimum atomic E-state index is -1.08. The van der Waals surface area contributed by atoms with Gasteiger partial charge < -0.3 is 15.9 Å². The van der Waals surface area contributed by atoms with Crippen LogP contribution in [-0.4, -0.2) is 22.4 Å². The molecule has 4 N–H and O–H groups in total. The Bertz CT molecular complexity index is 131. The highest BCUT2D eigenvalue weighted by molar-refractivity contribution is 5.67. The first-order chi connectivity index (χ1) is 4.36. The predicted molar refractivity (Wildman–Crippen MR) is 36.2 cm³/mol. The van der Waals surface area contributed by atoms with Crippen LogP contribution >= 0.6 is 0 Å². The first-order valence-electron chi connectivity index (χ1n) is 3.02. The fourth-order valence-corrected chi connectivity index (χ4v) is 0.494. The van der Waals surface area contributed by atoms with Crippen LogP contribution in [0.15, 0.2) is 0 Å². The van der Waals surface area contributed by atoms with Crippen molar-refractivity contribution < 1.29 is 15.0 Å². The van der Waals surface area contributed by atoms with Gasteiger partial charge in [-0.2, -0.15) is 0 Å². The quantitative estimate of drug-likeness (QED) is 0.481. The summed E-state index contributed by atoms with van der Waals surface area (Å²) in [7, 11) is 0. The molecule has 0 aromatic carbocycles. The van der Waals surface area contributed by atoms with Crippen molar-refractivity contribution in [3.63, 3.8) is 0 Å². The Morgan fingerprint density at radius 3 is 2.20 bits per heavy atom. The number of rotatable bonds is 3. The molecule has 0 rings (SSSR count). The summed E-state index contributed by atoms with van der Waals surface area (Å²) in [4.78, 5) is 10.2. The molecule has 1 unspecified atom stereocenters. The maximum atomic E-state index is 10.2. The van der Waals surface area contributed by atoms with E-state index in [0.29, 0.717) is 0 Å². The number of aliphatic hydroxyl groups excluding tert-OH is 1. The average Bonchev–Trinajstić information content (AvgIpc) is 1.60. The fourth-order valence-electron chi connectivity index (χ4n) is 0.494. The van der Waals surface area contributed by atoms with E-state index in [0.717, 1.165) is 0 Å². The van der Waals surface area contributed by atoms with Crippen molar-refractivity contribution in [3.05, 3.63) is 0 Å². The molecule has 0 saturated heterocycles. The van der Waals surface area contributed by atoms with Crippen molar-refractivity contribution in [1.82, 2.24) is 0 Å². The lowest BCUT2D eigenvalue weighted by molar-refractivity contribution is -0.141. The topological polar surface area (TPSA) is 83.5 Å². The lowest BCUT2D eigenvalue weighted by atomic mass is 9.88. The van der Waals surface area contributed by atoms with Crippen LogP contribution in [0.25, 0.3) is 0 Å². The van der Waals surface area contributed by atoms with E-state index in [-0.39, 0.29) is 6.42 Å². The van der Waals surface area contributed by atoms with Crippen LogP contribution in [0.4, 0.5) is 0 Å². The van der Waals surface area contributed by atoms with Gasteiger partial charge in [0.05, 0.1) is 6.42 Å². The van der Waals surface area contributed by atoms with E-state index >= 15 is 0 Å². The normalized spacial score (nSPS) is 14.8. The zero-order valence-electron chi connectivity index (χ0n) is 6.16. The second-order valence-corrected chi connectivity index (χ2v) is 3.00. The van der Waals surface area contributed by atoms with Gasteiger partial charge in [-0.1, -0.05) is 13.8 Å². The summed E-state index contributed by atoms with van der Waals surface area (Å²) in [5.41, 5.74) is 4.37. The molecule has 0 aromatic rings. The molecular weight excluding hydrogens is 134 g/mol. The molecule has 0 bridgehead atoms. The first kappa shape index (κ1) is 9.39. The molecule has 0 saturated carbocycles. The van der Waals surface area contributed by atoms with E-state index in [2.05, 4.69) is 0 Å². The van der Waals surface area contributed by atoms with Gasteiger partial charge in [0.15, 0.2) is 0 Å². The third-order valence-corrected chi connectivity index (χ3v) is 1.41. The molecule has 0 aliphatic carbocycles. The number of carboxylic acid groups (broad SMARTS) is 1. The number of aliphatic hydroxyl groups is 1. The van der Waals surface area contributed by atoms with Gasteiger partial charge in [0.1, 0.15) is 6.23 Å². The number of carbonyl (C=O) groups is 1. The van der Waals surface area contributed by atoms with Crippen LogP contribution in [0.1, 0.15) is 20.3 Å². The summed E-state index contributed by atoms with van der Waals surface area (Å²) in [5.74, 6) is -0.950. The smallest absolute Gasteiger partial charge is 0.304 e. The Morgan fingerprint density at radius 2 is 2.10 bits per heavy atom. The van der Waals surface area contributed by atoms with Gasteiger partial charge in [-0.15, -0.1) is 0 Å². The van der Waals surface area contributed by atoms with Crippen molar-refractivity contribution in [2.45, 2.75) is 26.5 Å². The number of carboxylic acids is 1. The van der Waals surface area contributed by atoms with E-state index in [4.69, 9.17) is 15.9 Å². The van der Waals surface area contributed by atoms with Crippen LogP contribution in [0.2, 0.25) is 0 Å². The van der Waals surface area contributed by atoms with Crippen molar-refractivity contribution in [2.24, 2.45) is 11.1 Å². The third kappa shape index (κ3) is 2.80. The molecule has 4 nitrogen and oxygen atoms in total. The zero-order chi connectivity index (χ0) is 8.36. The summed E-state index contributed by atoms with van der Waals surface area (Å²) in [5, 5.41) is 17.2. The molecule has 0 aliphatic rings. The van der Waals surface area contributed by atoms with Gasteiger partial charge in [-0.05, 0) is 0 Å². The summed E-state index contributed by atoms with van der Waals surface area (Å²) in [6, 6.07) is 0. The number of hydrogen-bond donors (Lipinski definition) is 3. The molecule has 0 radical (unpaired) electrons. The van der Waals surface area contributed by atoms with E-state index < -0.39 is 17.6 Å². The average molecular weight is 147 g/mol. The van der Waals surface area contributed by atoms with E-state index in [1.807, 2.05) is 0 Å². The number of nitrogens with two attached hydrogens (primary N) is 1. The maximum absolute atomic E-state index is 10.2. The molecule has 0 spiro atoms. The van der Waals surface area contributed by atoms with Crippen molar-refractivity contribution in [1.29, 1.82) is 0 Å². The second-order valence-electron chi connectivity index (χ2n) is 3.00. The Kier molecular flexibility index (Phi) is 2.80. The van der Waals surface area contributed by atoms with Gasteiger partial charge in [-0.3, -0.25) is 4.79 Å². The SMILES string of the molecule is CC(C)(CC(=O)O)C(N)O. The summed E-state index contributed by atoms with van der Waals surface area (Å²) in [6.07, 6.45) is -1.20. The molecule has 0 amide bonds. The molecular formula is C6H13NO3. The monoisotopic (exact) mass is 147 g/mol. The van der Waals surface area contributed by atoms with Crippen molar-refractivity contribution in [3.8, 4) is 0 Å². The van der Waals surface area contributed by atoms with Gasteiger partial charge in [0, 0.05) is 5.41 Å². The highest BCUT2D eigenvalue weighted by atomic mass is 16.4. The van der Waals surface area contributed by atoms with Crippen LogP contribution in [0.5, 0.6) is 0 Å². The highest BCUT2D eigenvalue weighted by Crippen LogP contribution is 2.21. The van der Waals surface area contributed by atoms with Crippen molar-refractivity contribution >= 4 is 5.97 Å². The summed E-state index contributed by atoms with van der Waals surface area (Å²) in [6.45, 7) is 3.21. The lowest BCUT2D eigenvalue weighted by Crippen LogP contribution is -2.38. The molecule has 0 aromatic heterocycles. The summed E-state index contributed by atoms with van der Waals surface area (Å²) >= 11 is 0. The largest absolute Gasteiger partial charge is 0.481 e. The Balaban J connectivity index is 3.99. The second kappa shape index (κ2) is 2.98. The van der Waals surface area contributed by atoms with E-state index in [1.165, 1.54) is 0 Å². The standard InChI is InChI=1S/C6H13NO3/c1-6(2,5(7)10)3-4(8)9/h5,10H,3,7H2,1-2H3,(H,8,9). The Morgan fingerprint density at radius 1 is 1.70 bits per heavy atom. The van der Waals surface area contributed by atoms with Crippen LogP contribution < -0.4 is 5.73 Å². The third-order valence-electron chi connectivity index (χ3n) is 1.41. The minimum absolute atomic E-state index is 0.120. The summed E-state index contributed by atoms with van der Waals surface area (Å²) < 4.78 is 0. The fraction of sp³-hybridized carbons (Fsp3) is 0.833. The first-order valence-corrected chi connectivity index (χ1v) is 3.02. The molecule has 1 atom stereocenters. The maximum Gasteiger partial charge on any atom is 0.304 e. The lowest BCUT2D eigenvalue weighted by Gasteiger charge is -2.24. The number of aliphatic carboxylic acids is 1. The molecule has 4 heteroatoms. The Labute approximate surface area is 59.7 Å².